The van der Waals surface area contributed by atoms with Crippen molar-refractivity contribution in [2.75, 3.05) is 10.6 Å². The maximum absolute atomic E-state index is 11.7. The van der Waals surface area contributed by atoms with Gasteiger partial charge in [0, 0.05) is 11.9 Å². The summed E-state index contributed by atoms with van der Waals surface area (Å²) >= 11 is 0. The zero-order chi connectivity index (χ0) is 13.7. The fourth-order valence-electron chi connectivity index (χ4n) is 1.54. The summed E-state index contributed by atoms with van der Waals surface area (Å²) in [6, 6.07) is 10.6. The number of hydrogen-bond acceptors (Lipinski definition) is 3. The molecule has 0 saturated carbocycles. The molecule has 0 saturated heterocycles. The molecule has 2 rings (SSSR count). The van der Waals surface area contributed by atoms with Gasteiger partial charge in [-0.05, 0) is 36.8 Å². The molecule has 0 spiro atoms. The maximum Gasteiger partial charge on any atom is 0.314 e. The fourth-order valence-corrected chi connectivity index (χ4v) is 1.54. The van der Waals surface area contributed by atoms with Crippen molar-refractivity contribution in [2.45, 2.75) is 6.92 Å². The number of carbonyl (C=O) groups is 2. The Kier molecular flexibility index (Phi) is 3.87. The molecule has 1 aromatic heterocycles. The second kappa shape index (κ2) is 5.77. The van der Waals surface area contributed by atoms with Gasteiger partial charge in [0.15, 0.2) is 0 Å². The van der Waals surface area contributed by atoms with Crippen LogP contribution in [0.25, 0.3) is 0 Å². The minimum Gasteiger partial charge on any atom is -0.318 e. The number of pyridine rings is 1. The van der Waals surface area contributed by atoms with Crippen LogP contribution in [0.2, 0.25) is 0 Å². The largest absolute Gasteiger partial charge is 0.318 e. The Morgan fingerprint density at radius 2 is 1.68 bits per heavy atom. The molecular weight excluding hydrogens is 242 g/mol. The summed E-state index contributed by atoms with van der Waals surface area (Å²) in [7, 11) is 0. The van der Waals surface area contributed by atoms with E-state index in [4.69, 9.17) is 0 Å². The third-order valence-corrected chi connectivity index (χ3v) is 2.40. The van der Waals surface area contributed by atoms with Gasteiger partial charge in [-0.2, -0.15) is 0 Å². The van der Waals surface area contributed by atoms with Crippen LogP contribution in [-0.2, 0) is 9.59 Å². The summed E-state index contributed by atoms with van der Waals surface area (Å²) < 4.78 is 0. The Morgan fingerprint density at radius 1 is 1.00 bits per heavy atom. The monoisotopic (exact) mass is 255 g/mol. The first kappa shape index (κ1) is 12.8. The van der Waals surface area contributed by atoms with E-state index in [0.29, 0.717) is 11.4 Å². The van der Waals surface area contributed by atoms with Gasteiger partial charge in [0.2, 0.25) is 0 Å². The molecule has 0 bridgehead atoms. The molecule has 2 amide bonds. The van der Waals surface area contributed by atoms with E-state index in [1.807, 2.05) is 19.1 Å². The van der Waals surface area contributed by atoms with E-state index in [0.717, 1.165) is 5.56 Å². The van der Waals surface area contributed by atoms with E-state index in [-0.39, 0.29) is 0 Å². The molecule has 0 unspecified atom stereocenters. The molecular formula is C14H13N3O2. The van der Waals surface area contributed by atoms with E-state index in [2.05, 4.69) is 15.6 Å². The summed E-state index contributed by atoms with van der Waals surface area (Å²) in [5.74, 6) is -1.44. The number of nitrogens with one attached hydrogen (secondary N) is 2. The van der Waals surface area contributed by atoms with Crippen LogP contribution in [0, 0.1) is 6.92 Å². The highest BCUT2D eigenvalue weighted by molar-refractivity contribution is 6.43. The van der Waals surface area contributed by atoms with E-state index in [1.165, 1.54) is 6.20 Å². The quantitative estimate of drug-likeness (QED) is 0.806. The van der Waals surface area contributed by atoms with Crippen molar-refractivity contribution >= 4 is 23.2 Å². The van der Waals surface area contributed by atoms with Crippen LogP contribution >= 0.6 is 0 Å². The van der Waals surface area contributed by atoms with E-state index >= 15 is 0 Å². The third kappa shape index (κ3) is 3.64. The first-order valence-corrected chi connectivity index (χ1v) is 5.74. The molecule has 96 valence electrons. The fraction of sp³-hybridized carbons (Fsp3) is 0.0714. The standard InChI is InChI=1S/C14H13N3O2/c1-10-4-2-5-11(8-10)16-13(18)14(19)17-12-6-3-7-15-9-12/h2-9H,1H3,(H,16,18)(H,17,19). The van der Waals surface area contributed by atoms with Gasteiger partial charge >= 0.3 is 11.8 Å². The van der Waals surface area contributed by atoms with Crippen molar-refractivity contribution in [1.29, 1.82) is 0 Å². The number of carbonyl (C=O) groups excluding carboxylic acids is 2. The molecule has 2 N–H and O–H groups in total. The van der Waals surface area contributed by atoms with Gasteiger partial charge in [-0.25, -0.2) is 0 Å². The van der Waals surface area contributed by atoms with E-state index < -0.39 is 11.8 Å². The summed E-state index contributed by atoms with van der Waals surface area (Å²) in [5.41, 5.74) is 2.07. The molecule has 1 heterocycles. The van der Waals surface area contributed by atoms with Crippen LogP contribution in [0.3, 0.4) is 0 Å². The SMILES string of the molecule is Cc1cccc(NC(=O)C(=O)Nc2cccnc2)c1. The Bertz CT molecular complexity index is 597. The lowest BCUT2D eigenvalue weighted by Gasteiger charge is -2.06. The lowest BCUT2D eigenvalue weighted by molar-refractivity contribution is -0.133. The Labute approximate surface area is 110 Å². The summed E-state index contributed by atoms with van der Waals surface area (Å²) in [6.45, 7) is 1.91. The first-order chi connectivity index (χ1) is 9.15. The molecule has 5 heteroatoms. The van der Waals surface area contributed by atoms with Gasteiger partial charge in [-0.1, -0.05) is 12.1 Å². The van der Waals surface area contributed by atoms with Crippen LogP contribution in [0.15, 0.2) is 48.8 Å². The van der Waals surface area contributed by atoms with Gasteiger partial charge in [0.05, 0.1) is 11.9 Å². The number of rotatable bonds is 2. The molecule has 0 aliphatic heterocycles. The minimum absolute atomic E-state index is 0.479. The zero-order valence-corrected chi connectivity index (χ0v) is 10.4. The summed E-state index contributed by atoms with van der Waals surface area (Å²) in [5, 5.41) is 4.99. The second-order valence-electron chi connectivity index (χ2n) is 4.02. The summed E-state index contributed by atoms with van der Waals surface area (Å²) in [6.07, 6.45) is 3.06. The second-order valence-corrected chi connectivity index (χ2v) is 4.02. The third-order valence-electron chi connectivity index (χ3n) is 2.40. The van der Waals surface area contributed by atoms with Crippen LogP contribution in [0.5, 0.6) is 0 Å². The average Bonchev–Trinajstić information content (AvgIpc) is 2.40. The number of aromatic nitrogens is 1. The number of hydrogen-bond donors (Lipinski definition) is 2. The Hall–Kier alpha value is -2.69. The number of nitrogens with zero attached hydrogens (tertiary/aromatic N) is 1. The molecule has 0 fully saturated rings. The minimum atomic E-state index is -0.727. The van der Waals surface area contributed by atoms with Crippen LogP contribution in [-0.4, -0.2) is 16.8 Å². The topological polar surface area (TPSA) is 71.1 Å². The van der Waals surface area contributed by atoms with E-state index in [1.54, 1.807) is 30.5 Å². The maximum atomic E-state index is 11.7. The average molecular weight is 255 g/mol. The molecule has 19 heavy (non-hydrogen) atoms. The van der Waals surface area contributed by atoms with Crippen molar-refractivity contribution in [1.82, 2.24) is 4.98 Å². The molecule has 0 radical (unpaired) electrons. The lowest BCUT2D eigenvalue weighted by atomic mass is 10.2. The molecule has 0 atom stereocenters. The molecule has 0 aliphatic carbocycles. The molecule has 2 aromatic rings. The highest BCUT2D eigenvalue weighted by Crippen LogP contribution is 2.09. The van der Waals surface area contributed by atoms with Crippen LogP contribution in [0.4, 0.5) is 11.4 Å². The number of benzene rings is 1. The predicted octanol–water partition coefficient (Wildman–Crippen LogP) is 1.97. The van der Waals surface area contributed by atoms with Crippen molar-refractivity contribution < 1.29 is 9.59 Å². The summed E-state index contributed by atoms with van der Waals surface area (Å²) in [4.78, 5) is 27.2. The normalized spacial score (nSPS) is 9.74. The lowest BCUT2D eigenvalue weighted by Crippen LogP contribution is -2.29. The van der Waals surface area contributed by atoms with Crippen molar-refractivity contribution in [3.8, 4) is 0 Å². The van der Waals surface area contributed by atoms with Crippen molar-refractivity contribution in [3.63, 3.8) is 0 Å². The van der Waals surface area contributed by atoms with Gasteiger partial charge < -0.3 is 10.6 Å². The highest BCUT2D eigenvalue weighted by atomic mass is 16.2. The van der Waals surface area contributed by atoms with Crippen molar-refractivity contribution in [3.05, 3.63) is 54.4 Å². The smallest absolute Gasteiger partial charge is 0.314 e. The predicted molar refractivity (Wildman–Crippen MR) is 72.7 cm³/mol. The zero-order valence-electron chi connectivity index (χ0n) is 10.4. The Morgan fingerprint density at radius 3 is 2.32 bits per heavy atom. The molecule has 1 aromatic carbocycles. The highest BCUT2D eigenvalue weighted by Gasteiger charge is 2.13. The molecule has 0 aliphatic rings. The van der Waals surface area contributed by atoms with Crippen LogP contribution < -0.4 is 10.6 Å². The van der Waals surface area contributed by atoms with Gasteiger partial charge in [0.25, 0.3) is 0 Å². The number of aryl methyl sites for hydroxylation is 1. The van der Waals surface area contributed by atoms with Gasteiger partial charge in [-0.15, -0.1) is 0 Å². The van der Waals surface area contributed by atoms with Crippen LogP contribution in [0.1, 0.15) is 5.56 Å². The van der Waals surface area contributed by atoms with Crippen molar-refractivity contribution in [2.24, 2.45) is 0 Å². The van der Waals surface area contributed by atoms with Gasteiger partial charge in [0.1, 0.15) is 0 Å². The Balaban J connectivity index is 1.98. The number of anilines is 2. The molecule has 5 nitrogen and oxygen atoms in total. The van der Waals surface area contributed by atoms with E-state index in [9.17, 15) is 9.59 Å². The first-order valence-electron chi connectivity index (χ1n) is 5.74. The number of amides is 2. The van der Waals surface area contributed by atoms with Gasteiger partial charge in [-0.3, -0.25) is 14.6 Å².